The van der Waals surface area contributed by atoms with Gasteiger partial charge in [-0.3, -0.25) is 4.79 Å². The molecule has 2 aromatic rings. The molecule has 5 heteroatoms. The molecule has 0 heterocycles. The van der Waals surface area contributed by atoms with Gasteiger partial charge in [0.25, 0.3) is 0 Å². The normalized spacial score (nSPS) is 14.9. The number of carboxylic acids is 1. The van der Waals surface area contributed by atoms with Gasteiger partial charge in [0.05, 0.1) is 12.5 Å². The number of unbranched alkanes of at least 4 members (excludes halogenated alkanes) is 5. The molecule has 0 aliphatic rings. The minimum Gasteiger partial charge on any atom is -0.550 e. The van der Waals surface area contributed by atoms with Crippen LogP contribution in [-0.2, 0) is 19.7 Å². The molecule has 4 nitrogen and oxygen atoms in total. The first kappa shape index (κ1) is 35.0. The molecule has 0 amide bonds. The summed E-state index contributed by atoms with van der Waals surface area (Å²) in [5, 5.41) is 12.4. The van der Waals surface area contributed by atoms with Gasteiger partial charge in [-0.15, -0.1) is 0 Å². The Morgan fingerprint density at radius 2 is 1.42 bits per heavy atom. The summed E-state index contributed by atoms with van der Waals surface area (Å²) in [6.07, 6.45) is 8.77. The molecule has 0 radical (unpaired) electrons. The number of carbonyl (C=O) groups is 2. The number of hydrogen-bond donors (Lipinski definition) is 0. The van der Waals surface area contributed by atoms with Crippen LogP contribution in [0.25, 0.3) is 0 Å². The molecule has 0 saturated heterocycles. The van der Waals surface area contributed by atoms with Crippen molar-refractivity contribution in [3.63, 3.8) is 0 Å². The summed E-state index contributed by atoms with van der Waals surface area (Å²) in [6.45, 7) is 8.87. The predicted molar refractivity (Wildman–Crippen MR) is 149 cm³/mol. The Morgan fingerprint density at radius 3 is 2.00 bits per heavy atom. The molecule has 204 valence electrons. The third-order valence-corrected chi connectivity index (χ3v) is 7.76. The Labute approximate surface area is 273 Å². The minimum atomic E-state index is -1.09. The van der Waals surface area contributed by atoms with E-state index in [1.165, 1.54) is 24.8 Å². The fourth-order valence-electron chi connectivity index (χ4n) is 5.49. The van der Waals surface area contributed by atoms with Crippen LogP contribution in [0.2, 0.25) is 0 Å². The van der Waals surface area contributed by atoms with Crippen LogP contribution < -0.4 is 56.5 Å². The van der Waals surface area contributed by atoms with Crippen LogP contribution in [0.1, 0.15) is 109 Å². The molecule has 0 aliphatic heterocycles. The largest absolute Gasteiger partial charge is 1.00 e. The molecule has 0 bridgehead atoms. The molecular weight excluding hydrogens is 499 g/mol. The third-order valence-electron chi connectivity index (χ3n) is 7.76. The number of ether oxygens (including phenoxy) is 1. The second-order valence-corrected chi connectivity index (χ2v) is 10.9. The smallest absolute Gasteiger partial charge is 0.550 e. The first-order chi connectivity index (χ1) is 17.8. The monoisotopic (exact) mass is 546 g/mol. The molecule has 0 aromatic heterocycles. The van der Waals surface area contributed by atoms with Crippen LogP contribution in [0.3, 0.4) is 0 Å². The summed E-state index contributed by atoms with van der Waals surface area (Å²) in [4.78, 5) is 25.2. The van der Waals surface area contributed by atoms with Gasteiger partial charge in [0, 0.05) is 11.9 Å². The zero-order valence-electron chi connectivity index (χ0n) is 24.4. The van der Waals surface area contributed by atoms with Gasteiger partial charge in [0.1, 0.15) is 0 Å². The Hall–Kier alpha value is -0.984. The molecule has 4 atom stereocenters. The minimum absolute atomic E-state index is 0. The zero-order chi connectivity index (χ0) is 27.1. The van der Waals surface area contributed by atoms with E-state index >= 15 is 0 Å². The van der Waals surface area contributed by atoms with E-state index in [2.05, 4.69) is 45.0 Å². The van der Waals surface area contributed by atoms with Gasteiger partial charge in [0.15, 0.2) is 0 Å². The molecule has 38 heavy (non-hydrogen) atoms. The molecule has 0 spiro atoms. The van der Waals surface area contributed by atoms with Gasteiger partial charge in [-0.2, -0.15) is 0 Å². The van der Waals surface area contributed by atoms with E-state index in [1.807, 2.05) is 43.3 Å². The molecule has 0 saturated carbocycles. The Kier molecular flexibility index (Phi) is 17.7. The fraction of sp³-hybridized carbons (Fsp3) is 0.576. The summed E-state index contributed by atoms with van der Waals surface area (Å²) in [6, 6.07) is 20.5. The summed E-state index contributed by atoms with van der Waals surface area (Å²) < 4.78 is 5.57. The van der Waals surface area contributed by atoms with Crippen LogP contribution in [0.4, 0.5) is 0 Å². The van der Waals surface area contributed by atoms with Crippen molar-refractivity contribution in [1.82, 2.24) is 0 Å². The Balaban J connectivity index is 0.00000722. The quantitative estimate of drug-likeness (QED) is 0.160. The van der Waals surface area contributed by atoms with Crippen LogP contribution in [0, 0.1) is 11.8 Å². The van der Waals surface area contributed by atoms with Gasteiger partial charge in [0.2, 0.25) is 0 Å². The van der Waals surface area contributed by atoms with Gasteiger partial charge < -0.3 is 14.6 Å². The van der Waals surface area contributed by atoms with Crippen molar-refractivity contribution in [2.45, 2.75) is 103 Å². The molecule has 0 N–H and O–H groups in total. The van der Waals surface area contributed by atoms with E-state index in [4.69, 9.17) is 4.74 Å². The number of esters is 1. The number of carboxylic acid groups (broad SMARTS) is 1. The van der Waals surface area contributed by atoms with Crippen LogP contribution in [0.15, 0.2) is 60.7 Å². The number of hydrogen-bond acceptors (Lipinski definition) is 4. The van der Waals surface area contributed by atoms with E-state index in [1.54, 1.807) is 0 Å². The number of benzene rings is 2. The average Bonchev–Trinajstić information content (AvgIpc) is 2.91. The maximum Gasteiger partial charge on any atom is 1.00 e. The topological polar surface area (TPSA) is 66.4 Å². The van der Waals surface area contributed by atoms with Crippen molar-refractivity contribution in [3.05, 3.63) is 71.8 Å². The van der Waals surface area contributed by atoms with Gasteiger partial charge in [-0.1, -0.05) is 120 Å². The molecule has 0 aliphatic carbocycles. The predicted octanol–water partition coefficient (Wildman–Crippen LogP) is 4.22. The van der Waals surface area contributed by atoms with E-state index in [0.29, 0.717) is 19.4 Å². The maximum absolute atomic E-state index is 12.8. The fourth-order valence-corrected chi connectivity index (χ4v) is 5.49. The second-order valence-electron chi connectivity index (χ2n) is 10.9. The first-order valence-corrected chi connectivity index (χ1v) is 14.3. The van der Waals surface area contributed by atoms with Crippen molar-refractivity contribution in [3.8, 4) is 0 Å². The summed E-state index contributed by atoms with van der Waals surface area (Å²) in [5.74, 6) is -2.29. The van der Waals surface area contributed by atoms with Crippen LogP contribution in [-0.4, -0.2) is 18.5 Å². The summed E-state index contributed by atoms with van der Waals surface area (Å²) in [5.41, 5.74) is 1.96. The molecule has 0 fully saturated rings. The Morgan fingerprint density at radius 1 is 0.842 bits per heavy atom. The van der Waals surface area contributed by atoms with E-state index in [-0.39, 0.29) is 75.1 Å². The van der Waals surface area contributed by atoms with Gasteiger partial charge >= 0.3 is 57.4 Å². The number of aliphatic carboxylic acids is 1. The number of carbonyl (C=O) groups excluding carboxylic acids is 2. The standard InChI is InChI=1S/C33H48O4.K/c1-5-7-8-9-10-17-22-37-32(36)27(6-2)23-29(31(34)35)25-33(4,30-20-15-12-16-21-30)24-26(3)28-18-13-11-14-19-28;/h11-16,18-21,26-27,29H,5-10,17,22-25H2,1-4H3,(H,34,35);/q;+1/p-1. The third kappa shape index (κ3) is 12.0. The maximum atomic E-state index is 12.8. The van der Waals surface area contributed by atoms with Gasteiger partial charge in [-0.25, -0.2) is 0 Å². The van der Waals surface area contributed by atoms with Crippen LogP contribution in [0.5, 0.6) is 0 Å². The summed E-state index contributed by atoms with van der Waals surface area (Å²) in [7, 11) is 0. The van der Waals surface area contributed by atoms with Crippen molar-refractivity contribution in [2.75, 3.05) is 6.61 Å². The van der Waals surface area contributed by atoms with Crippen molar-refractivity contribution in [1.29, 1.82) is 0 Å². The molecule has 4 unspecified atom stereocenters. The first-order valence-electron chi connectivity index (χ1n) is 14.3. The molecule has 2 aromatic carbocycles. The number of rotatable bonds is 18. The molecular formula is C33H47KO4. The van der Waals surface area contributed by atoms with Crippen molar-refractivity contribution < 1.29 is 70.8 Å². The zero-order valence-corrected chi connectivity index (χ0v) is 27.5. The molecule has 2 rings (SSSR count). The van der Waals surface area contributed by atoms with Crippen LogP contribution >= 0.6 is 0 Å². The van der Waals surface area contributed by atoms with E-state index in [9.17, 15) is 14.7 Å². The van der Waals surface area contributed by atoms with Crippen molar-refractivity contribution >= 4 is 11.9 Å². The van der Waals surface area contributed by atoms with Gasteiger partial charge in [-0.05, 0) is 54.6 Å². The van der Waals surface area contributed by atoms with E-state index in [0.717, 1.165) is 31.2 Å². The average molecular weight is 547 g/mol. The Bertz CT molecular complexity index is 917. The second kappa shape index (κ2) is 19.2. The van der Waals surface area contributed by atoms with E-state index < -0.39 is 17.8 Å². The van der Waals surface area contributed by atoms with Crippen molar-refractivity contribution in [2.24, 2.45) is 11.8 Å². The SMILES string of the molecule is CCCCCCCCOC(=O)C(CC)CC(CC(C)(CC(C)c1ccccc1)c1ccccc1)C(=O)[O-].[K+]. The summed E-state index contributed by atoms with van der Waals surface area (Å²) >= 11 is 0.